The largest absolute Gasteiger partial charge is 0.444 e. The van der Waals surface area contributed by atoms with Crippen LogP contribution < -0.4 is 10.6 Å². The van der Waals surface area contributed by atoms with Crippen LogP contribution in [0.2, 0.25) is 0 Å². The molecule has 6 nitrogen and oxygen atoms in total. The fourth-order valence-corrected chi connectivity index (χ4v) is 4.08. The molecule has 1 saturated heterocycles. The third-order valence-electron chi connectivity index (χ3n) is 4.75. The van der Waals surface area contributed by atoms with Crippen molar-refractivity contribution in [2.45, 2.75) is 117 Å². The van der Waals surface area contributed by atoms with Crippen molar-refractivity contribution < 1.29 is 14.3 Å². The molecule has 0 aromatic rings. The average molecular weight is 384 g/mol. The topological polar surface area (TPSA) is 70.7 Å². The van der Waals surface area contributed by atoms with E-state index in [-0.39, 0.29) is 23.0 Å². The lowest BCUT2D eigenvalue weighted by atomic mass is 9.78. The van der Waals surface area contributed by atoms with Gasteiger partial charge in [-0.05, 0) is 74.7 Å². The van der Waals surface area contributed by atoms with Gasteiger partial charge in [0.2, 0.25) is 5.91 Å². The van der Waals surface area contributed by atoms with E-state index in [0.29, 0.717) is 6.54 Å². The SMILES string of the molecule is CCCCN(C(=O)[C@@H](C)NC(=O)OC(C)(C)C)C1CC(C)(C)NC(C)(C)C1. The van der Waals surface area contributed by atoms with E-state index >= 15 is 0 Å². The number of hydrogen-bond acceptors (Lipinski definition) is 4. The number of ether oxygens (including phenoxy) is 1. The lowest BCUT2D eigenvalue weighted by Gasteiger charge is -2.50. The molecular formula is C21H41N3O3. The van der Waals surface area contributed by atoms with Crippen LogP contribution in [0.1, 0.15) is 88.0 Å². The van der Waals surface area contributed by atoms with Gasteiger partial charge in [-0.1, -0.05) is 13.3 Å². The highest BCUT2D eigenvalue weighted by molar-refractivity contribution is 5.85. The van der Waals surface area contributed by atoms with Crippen LogP contribution in [0.25, 0.3) is 0 Å². The van der Waals surface area contributed by atoms with E-state index in [1.807, 2.05) is 25.7 Å². The second-order valence-corrected chi connectivity index (χ2v) is 10.2. The Morgan fingerprint density at radius 2 is 1.70 bits per heavy atom. The minimum absolute atomic E-state index is 0.0344. The third kappa shape index (κ3) is 8.08. The molecule has 1 aliphatic rings. The lowest BCUT2D eigenvalue weighted by molar-refractivity contribution is -0.137. The highest BCUT2D eigenvalue weighted by Crippen LogP contribution is 2.32. The van der Waals surface area contributed by atoms with Gasteiger partial charge in [-0.25, -0.2) is 4.79 Å². The maximum atomic E-state index is 13.2. The van der Waals surface area contributed by atoms with Crippen molar-refractivity contribution in [1.29, 1.82) is 0 Å². The normalized spacial score (nSPS) is 20.6. The van der Waals surface area contributed by atoms with E-state index in [4.69, 9.17) is 4.74 Å². The second-order valence-electron chi connectivity index (χ2n) is 10.2. The maximum absolute atomic E-state index is 13.2. The molecule has 0 aliphatic carbocycles. The fourth-order valence-electron chi connectivity index (χ4n) is 4.08. The molecule has 1 atom stereocenters. The molecule has 1 aliphatic heterocycles. The first kappa shape index (κ1) is 23.7. The molecule has 0 saturated carbocycles. The Morgan fingerprint density at radius 1 is 1.19 bits per heavy atom. The van der Waals surface area contributed by atoms with E-state index in [0.717, 1.165) is 25.7 Å². The summed E-state index contributed by atoms with van der Waals surface area (Å²) in [7, 11) is 0. The molecule has 0 bridgehead atoms. The summed E-state index contributed by atoms with van der Waals surface area (Å²) in [5, 5.41) is 6.38. The van der Waals surface area contributed by atoms with Gasteiger partial charge in [-0.3, -0.25) is 4.79 Å². The zero-order valence-electron chi connectivity index (χ0n) is 18.9. The summed E-state index contributed by atoms with van der Waals surface area (Å²) < 4.78 is 5.30. The molecule has 27 heavy (non-hydrogen) atoms. The fraction of sp³-hybridized carbons (Fsp3) is 0.905. The number of carbonyl (C=O) groups is 2. The van der Waals surface area contributed by atoms with Crippen molar-refractivity contribution in [2.24, 2.45) is 0 Å². The monoisotopic (exact) mass is 383 g/mol. The van der Waals surface area contributed by atoms with E-state index < -0.39 is 17.7 Å². The number of hydrogen-bond donors (Lipinski definition) is 2. The second kappa shape index (κ2) is 8.80. The molecule has 6 heteroatoms. The molecule has 0 spiro atoms. The Bertz CT molecular complexity index is 507. The summed E-state index contributed by atoms with van der Waals surface area (Å²) in [6, 6.07) is -0.462. The predicted octanol–water partition coefficient (Wildman–Crippen LogP) is 3.84. The summed E-state index contributed by atoms with van der Waals surface area (Å²) in [6.45, 7) is 18.8. The summed E-state index contributed by atoms with van der Waals surface area (Å²) in [5.41, 5.74) is -0.671. The van der Waals surface area contributed by atoms with Crippen molar-refractivity contribution in [3.63, 3.8) is 0 Å². The van der Waals surface area contributed by atoms with Crippen LogP contribution in [0.4, 0.5) is 4.79 Å². The third-order valence-corrected chi connectivity index (χ3v) is 4.75. The van der Waals surface area contributed by atoms with Gasteiger partial charge in [0.1, 0.15) is 11.6 Å². The van der Waals surface area contributed by atoms with Crippen LogP contribution >= 0.6 is 0 Å². The minimum atomic E-state index is -0.613. The van der Waals surface area contributed by atoms with Gasteiger partial charge in [0, 0.05) is 23.7 Å². The summed E-state index contributed by atoms with van der Waals surface area (Å²) >= 11 is 0. The van der Waals surface area contributed by atoms with Crippen molar-refractivity contribution >= 4 is 12.0 Å². The van der Waals surface area contributed by atoms with Gasteiger partial charge in [0.15, 0.2) is 0 Å². The zero-order chi connectivity index (χ0) is 21.0. The van der Waals surface area contributed by atoms with E-state index in [1.54, 1.807) is 6.92 Å². The van der Waals surface area contributed by atoms with Crippen molar-refractivity contribution in [1.82, 2.24) is 15.5 Å². The first-order valence-electron chi connectivity index (χ1n) is 10.2. The number of rotatable bonds is 6. The molecule has 0 aromatic heterocycles. The van der Waals surface area contributed by atoms with Crippen LogP contribution in [0.3, 0.4) is 0 Å². The highest BCUT2D eigenvalue weighted by atomic mass is 16.6. The van der Waals surface area contributed by atoms with Crippen LogP contribution in [0, 0.1) is 0 Å². The Morgan fingerprint density at radius 3 is 2.15 bits per heavy atom. The molecule has 0 aromatic carbocycles. The Balaban J connectivity index is 2.91. The van der Waals surface area contributed by atoms with E-state index in [1.165, 1.54) is 0 Å². The first-order valence-corrected chi connectivity index (χ1v) is 10.2. The van der Waals surface area contributed by atoms with Crippen LogP contribution in [-0.4, -0.2) is 52.2 Å². The molecule has 0 unspecified atom stereocenters. The molecule has 1 heterocycles. The summed E-state index contributed by atoms with van der Waals surface area (Å²) in [5.74, 6) is -0.0344. The van der Waals surface area contributed by atoms with Gasteiger partial charge >= 0.3 is 6.09 Å². The predicted molar refractivity (Wildman–Crippen MR) is 110 cm³/mol. The van der Waals surface area contributed by atoms with Crippen LogP contribution in [-0.2, 0) is 9.53 Å². The van der Waals surface area contributed by atoms with Gasteiger partial charge in [0.25, 0.3) is 0 Å². The van der Waals surface area contributed by atoms with E-state index in [2.05, 4.69) is 45.3 Å². The molecule has 2 N–H and O–H groups in total. The number of nitrogens with zero attached hydrogens (tertiary/aromatic N) is 1. The van der Waals surface area contributed by atoms with Crippen LogP contribution in [0.5, 0.6) is 0 Å². The molecule has 0 radical (unpaired) electrons. The number of unbranched alkanes of at least 4 members (excludes halogenated alkanes) is 1. The summed E-state index contributed by atoms with van der Waals surface area (Å²) in [6.07, 6.45) is 3.21. The smallest absolute Gasteiger partial charge is 0.408 e. The number of alkyl carbamates (subject to hydrolysis) is 1. The van der Waals surface area contributed by atoms with Crippen molar-refractivity contribution in [2.75, 3.05) is 6.54 Å². The molecule has 1 fully saturated rings. The van der Waals surface area contributed by atoms with E-state index in [9.17, 15) is 9.59 Å². The Kier molecular flexibility index (Phi) is 7.74. The number of carbonyl (C=O) groups excluding carboxylic acids is 2. The molecule has 2 amide bonds. The molecule has 1 rings (SSSR count). The minimum Gasteiger partial charge on any atom is -0.444 e. The Labute approximate surface area is 165 Å². The van der Waals surface area contributed by atoms with Gasteiger partial charge in [0.05, 0.1) is 0 Å². The first-order chi connectivity index (χ1) is 12.2. The number of nitrogens with one attached hydrogen (secondary N) is 2. The van der Waals surface area contributed by atoms with Crippen molar-refractivity contribution in [3.8, 4) is 0 Å². The average Bonchev–Trinajstić information content (AvgIpc) is 2.41. The van der Waals surface area contributed by atoms with Crippen LogP contribution in [0.15, 0.2) is 0 Å². The van der Waals surface area contributed by atoms with Gasteiger partial charge < -0.3 is 20.3 Å². The quantitative estimate of drug-likeness (QED) is 0.731. The number of amides is 2. The van der Waals surface area contributed by atoms with Gasteiger partial charge in [-0.15, -0.1) is 0 Å². The zero-order valence-corrected chi connectivity index (χ0v) is 18.9. The number of piperidine rings is 1. The highest BCUT2D eigenvalue weighted by Gasteiger charge is 2.41. The van der Waals surface area contributed by atoms with Gasteiger partial charge in [-0.2, -0.15) is 0 Å². The molecular weight excluding hydrogens is 342 g/mol. The van der Waals surface area contributed by atoms with Crippen molar-refractivity contribution in [3.05, 3.63) is 0 Å². The lowest BCUT2D eigenvalue weighted by Crippen LogP contribution is -2.64. The summed E-state index contributed by atoms with van der Waals surface area (Å²) in [4.78, 5) is 27.3. The molecule has 158 valence electrons. The maximum Gasteiger partial charge on any atom is 0.408 e. The standard InChI is InChI=1S/C21H41N3O3/c1-10-11-12-24(16-13-20(6,7)23-21(8,9)14-16)17(25)15(2)22-18(26)27-19(3,4)5/h15-16,23H,10-14H2,1-9H3,(H,22,26)/t15-/m1/s1. The Hall–Kier alpha value is -1.30.